The Morgan fingerprint density at radius 3 is 2.68 bits per heavy atom. The van der Waals surface area contributed by atoms with Gasteiger partial charge in [0, 0.05) is 25.2 Å². The van der Waals surface area contributed by atoms with E-state index in [-0.39, 0.29) is 0 Å². The van der Waals surface area contributed by atoms with Crippen LogP contribution in [0.1, 0.15) is 29.8 Å². The van der Waals surface area contributed by atoms with Gasteiger partial charge in [0.25, 0.3) is 0 Å². The van der Waals surface area contributed by atoms with Crippen LogP contribution in [0.25, 0.3) is 16.7 Å². The second-order valence-corrected chi connectivity index (χ2v) is 9.46. The van der Waals surface area contributed by atoms with Crippen LogP contribution in [0.2, 0.25) is 0 Å². The fourth-order valence-corrected chi connectivity index (χ4v) is 4.97. The van der Waals surface area contributed by atoms with Crippen molar-refractivity contribution in [1.29, 1.82) is 0 Å². The summed E-state index contributed by atoms with van der Waals surface area (Å²) in [7, 11) is 0. The van der Waals surface area contributed by atoms with Crippen molar-refractivity contribution in [2.45, 2.75) is 45.3 Å². The number of hydrogen-bond acceptors (Lipinski definition) is 7. The minimum atomic E-state index is 0.516. The minimum absolute atomic E-state index is 0.516. The molecule has 2 atom stereocenters. The van der Waals surface area contributed by atoms with E-state index in [0.717, 1.165) is 46.0 Å². The zero-order valence-corrected chi connectivity index (χ0v) is 19.1. The van der Waals surface area contributed by atoms with E-state index in [1.54, 1.807) is 10.7 Å². The number of piperazine rings is 1. The van der Waals surface area contributed by atoms with Crippen molar-refractivity contribution in [2.24, 2.45) is 0 Å². The number of aromatic amines is 1. The van der Waals surface area contributed by atoms with Crippen molar-refractivity contribution in [3.05, 3.63) is 39.8 Å². The monoisotopic (exact) mass is 481 g/mol. The highest BCUT2D eigenvalue weighted by Gasteiger charge is 2.33. The molecular weight excluding hydrogens is 458 g/mol. The van der Waals surface area contributed by atoms with E-state index in [4.69, 9.17) is 15.0 Å². The lowest BCUT2D eigenvalue weighted by Crippen LogP contribution is -2.51. The molecule has 2 bridgehead atoms. The maximum atomic E-state index is 4.85. The SMILES string of the molecule is Cc1cc2nc(CNc3nc(N4CC5CCC(C4)N5)nc4c(Br)cnn34)[nH]c2cc1C. The Morgan fingerprint density at radius 2 is 1.87 bits per heavy atom. The topological polar surface area (TPSA) is 99.1 Å². The maximum Gasteiger partial charge on any atom is 0.230 e. The number of imidazole rings is 1. The third kappa shape index (κ3) is 3.34. The number of nitrogens with one attached hydrogen (secondary N) is 3. The average molecular weight is 482 g/mol. The van der Waals surface area contributed by atoms with Crippen molar-refractivity contribution in [3.8, 4) is 0 Å². The van der Waals surface area contributed by atoms with Gasteiger partial charge in [0.1, 0.15) is 5.82 Å². The Labute approximate surface area is 187 Å². The molecule has 2 saturated heterocycles. The third-order valence-electron chi connectivity index (χ3n) is 6.37. The Bertz CT molecular complexity index is 1240. The number of benzene rings is 1. The average Bonchev–Trinajstić information content (AvgIpc) is 3.43. The molecule has 1 aromatic carbocycles. The van der Waals surface area contributed by atoms with Gasteiger partial charge in [0.05, 0.1) is 28.2 Å². The fourth-order valence-electron chi connectivity index (χ4n) is 4.62. The Hall–Kier alpha value is -2.72. The van der Waals surface area contributed by atoms with Crippen molar-refractivity contribution >= 4 is 44.5 Å². The number of H-pyrrole nitrogens is 1. The maximum absolute atomic E-state index is 4.85. The van der Waals surface area contributed by atoms with Crippen LogP contribution >= 0.6 is 15.9 Å². The number of hydrogen-bond donors (Lipinski definition) is 3. The predicted octanol–water partition coefficient (Wildman–Crippen LogP) is 2.93. The highest BCUT2D eigenvalue weighted by atomic mass is 79.9. The van der Waals surface area contributed by atoms with Crippen LogP contribution in [0.15, 0.2) is 22.8 Å². The molecule has 0 saturated carbocycles. The molecule has 2 unspecified atom stereocenters. The summed E-state index contributed by atoms with van der Waals surface area (Å²) >= 11 is 3.58. The van der Waals surface area contributed by atoms with Crippen LogP contribution in [0.3, 0.4) is 0 Å². The third-order valence-corrected chi connectivity index (χ3v) is 6.93. The summed E-state index contributed by atoms with van der Waals surface area (Å²) in [5, 5.41) is 11.5. The zero-order chi connectivity index (χ0) is 21.1. The summed E-state index contributed by atoms with van der Waals surface area (Å²) in [4.78, 5) is 20.1. The van der Waals surface area contributed by atoms with Crippen LogP contribution in [0, 0.1) is 13.8 Å². The Morgan fingerprint density at radius 1 is 1.10 bits per heavy atom. The number of nitrogens with zero attached hydrogens (tertiary/aromatic N) is 6. The number of aromatic nitrogens is 6. The van der Waals surface area contributed by atoms with Gasteiger partial charge in [-0.25, -0.2) is 4.98 Å². The first-order valence-corrected chi connectivity index (χ1v) is 11.4. The number of fused-ring (bicyclic) bond motifs is 4. The highest BCUT2D eigenvalue weighted by molar-refractivity contribution is 9.10. The normalized spacial score (nSPS) is 20.8. The molecule has 0 aliphatic carbocycles. The molecule has 9 nitrogen and oxygen atoms in total. The van der Waals surface area contributed by atoms with Crippen LogP contribution in [-0.4, -0.2) is 54.7 Å². The van der Waals surface area contributed by atoms with Crippen molar-refractivity contribution in [2.75, 3.05) is 23.3 Å². The Kier molecular flexibility index (Phi) is 4.39. The number of halogens is 1. The molecule has 10 heteroatoms. The highest BCUT2D eigenvalue weighted by Crippen LogP contribution is 2.26. The first kappa shape index (κ1) is 19.0. The number of aryl methyl sites for hydroxylation is 2. The van der Waals surface area contributed by atoms with E-state index >= 15 is 0 Å². The van der Waals surface area contributed by atoms with Gasteiger partial charge in [-0.15, -0.1) is 0 Å². The largest absolute Gasteiger partial charge is 0.347 e. The van der Waals surface area contributed by atoms with Gasteiger partial charge in [-0.3, -0.25) is 0 Å². The molecule has 0 radical (unpaired) electrons. The van der Waals surface area contributed by atoms with E-state index in [9.17, 15) is 0 Å². The zero-order valence-electron chi connectivity index (χ0n) is 17.5. The fraction of sp³-hybridized carbons (Fsp3) is 0.429. The summed E-state index contributed by atoms with van der Waals surface area (Å²) in [6.45, 7) is 6.60. The lowest BCUT2D eigenvalue weighted by atomic mass is 10.1. The standard InChI is InChI=1S/C21H24BrN9/c1-11-5-16-17(6-12(11)2)27-18(26-16)8-23-20-29-21(28-19-15(22)7-24-31(19)20)30-9-13-3-4-14(10-30)25-13/h5-7,13-14,25H,3-4,8-10H2,1-2H3,(H,26,27)(H,23,28,29). The first-order chi connectivity index (χ1) is 15.0. The molecule has 5 heterocycles. The van der Waals surface area contributed by atoms with Gasteiger partial charge in [0.15, 0.2) is 5.65 Å². The lowest BCUT2D eigenvalue weighted by molar-refractivity contribution is 0.460. The molecule has 6 rings (SSSR count). The summed E-state index contributed by atoms with van der Waals surface area (Å²) < 4.78 is 2.59. The van der Waals surface area contributed by atoms with Crippen LogP contribution < -0.4 is 15.5 Å². The van der Waals surface area contributed by atoms with E-state index in [1.807, 2.05) is 0 Å². The molecule has 2 aliphatic rings. The van der Waals surface area contributed by atoms with Crippen LogP contribution in [0.4, 0.5) is 11.9 Å². The molecule has 0 amide bonds. The Balaban J connectivity index is 1.32. The summed E-state index contributed by atoms with van der Waals surface area (Å²) in [5.74, 6) is 2.26. The number of rotatable bonds is 4. The summed E-state index contributed by atoms with van der Waals surface area (Å²) in [6, 6.07) is 5.30. The second-order valence-electron chi connectivity index (χ2n) is 8.61. The number of anilines is 2. The quantitative estimate of drug-likeness (QED) is 0.412. The van der Waals surface area contributed by atoms with Gasteiger partial charge in [-0.05, 0) is 65.9 Å². The van der Waals surface area contributed by atoms with Gasteiger partial charge < -0.3 is 20.5 Å². The van der Waals surface area contributed by atoms with Gasteiger partial charge in [0.2, 0.25) is 11.9 Å². The van der Waals surface area contributed by atoms with Crippen molar-refractivity contribution in [3.63, 3.8) is 0 Å². The smallest absolute Gasteiger partial charge is 0.230 e. The van der Waals surface area contributed by atoms with E-state index in [0.29, 0.717) is 24.6 Å². The van der Waals surface area contributed by atoms with Crippen molar-refractivity contribution in [1.82, 2.24) is 34.9 Å². The summed E-state index contributed by atoms with van der Waals surface area (Å²) in [6.07, 6.45) is 4.19. The van der Waals surface area contributed by atoms with Gasteiger partial charge in [-0.2, -0.15) is 19.6 Å². The molecule has 3 aromatic heterocycles. The summed E-state index contributed by atoms with van der Waals surface area (Å²) in [5.41, 5.74) is 5.28. The second kappa shape index (κ2) is 7.16. The van der Waals surface area contributed by atoms with Gasteiger partial charge >= 0.3 is 0 Å². The molecule has 3 N–H and O–H groups in total. The predicted molar refractivity (Wildman–Crippen MR) is 124 cm³/mol. The molecule has 160 valence electrons. The van der Waals surface area contributed by atoms with E-state index < -0.39 is 0 Å². The lowest BCUT2D eigenvalue weighted by Gasteiger charge is -2.33. The molecular formula is C21H24BrN9. The first-order valence-electron chi connectivity index (χ1n) is 10.7. The molecule has 0 spiro atoms. The molecule has 4 aromatic rings. The van der Waals surface area contributed by atoms with E-state index in [1.165, 1.54) is 24.0 Å². The van der Waals surface area contributed by atoms with Crippen LogP contribution in [0.5, 0.6) is 0 Å². The van der Waals surface area contributed by atoms with Crippen molar-refractivity contribution < 1.29 is 0 Å². The van der Waals surface area contributed by atoms with E-state index in [2.05, 4.69) is 67.5 Å². The minimum Gasteiger partial charge on any atom is -0.347 e. The van der Waals surface area contributed by atoms with Crippen LogP contribution in [-0.2, 0) is 6.54 Å². The molecule has 2 aliphatic heterocycles. The molecule has 31 heavy (non-hydrogen) atoms. The molecule has 2 fully saturated rings. The van der Waals surface area contributed by atoms with Gasteiger partial charge in [-0.1, -0.05) is 0 Å².